The first kappa shape index (κ1) is 8.66. The molecule has 1 N–H and O–H groups in total. The van der Waals surface area contributed by atoms with Crippen LogP contribution in [0.3, 0.4) is 0 Å². The normalized spacial score (nSPS) is 10.1. The summed E-state index contributed by atoms with van der Waals surface area (Å²) < 4.78 is 20.9. The second kappa shape index (κ2) is 3.31. The van der Waals surface area contributed by atoms with Crippen molar-refractivity contribution in [1.82, 2.24) is 4.98 Å². The van der Waals surface area contributed by atoms with Crippen molar-refractivity contribution in [3.63, 3.8) is 0 Å². The van der Waals surface area contributed by atoms with Crippen LogP contribution in [0.1, 0.15) is 10.4 Å². The number of hydrogen-bond acceptors (Lipinski definition) is 4. The Morgan fingerprint density at radius 2 is 2.17 bits per heavy atom. The Bertz CT molecular complexity index is 377. The number of aromatic nitrogens is 1. The summed E-state index contributed by atoms with van der Waals surface area (Å²) in [5, 5.41) is 8.10. The van der Waals surface area contributed by atoms with E-state index in [0.717, 1.165) is 0 Å². The lowest BCUT2D eigenvalue weighted by Crippen LogP contribution is -2.02. The van der Waals surface area contributed by atoms with Crippen molar-refractivity contribution in [2.75, 3.05) is 0 Å². The van der Waals surface area contributed by atoms with Crippen LogP contribution in [0.5, 0.6) is 0 Å². The minimum atomic E-state index is -2.94. The Balaban J connectivity index is 3.36. The molecule has 0 unspecified atom stereocenters. The highest BCUT2D eigenvalue weighted by Gasteiger charge is 2.11. The van der Waals surface area contributed by atoms with Crippen molar-refractivity contribution in [3.05, 3.63) is 23.9 Å². The van der Waals surface area contributed by atoms with Crippen LogP contribution in [0, 0.1) is 0 Å². The van der Waals surface area contributed by atoms with Gasteiger partial charge in [-0.3, -0.25) is 0 Å². The number of pyridine rings is 1. The van der Waals surface area contributed by atoms with E-state index in [1.54, 1.807) is 0 Å². The summed E-state index contributed by atoms with van der Waals surface area (Å²) in [5.74, 6) is -1.29. The van der Waals surface area contributed by atoms with Gasteiger partial charge in [0.05, 0.1) is 5.56 Å². The van der Waals surface area contributed by atoms with Crippen LogP contribution < -0.4 is 0 Å². The van der Waals surface area contributed by atoms with E-state index in [9.17, 15) is 13.2 Å². The highest BCUT2D eigenvalue weighted by Crippen LogP contribution is 2.05. The minimum absolute atomic E-state index is 0.298. The zero-order valence-electron chi connectivity index (χ0n) is 5.80. The van der Waals surface area contributed by atoms with E-state index in [1.807, 2.05) is 0 Å². The number of aromatic carboxylic acids is 1. The van der Waals surface area contributed by atoms with Crippen molar-refractivity contribution in [2.24, 2.45) is 0 Å². The van der Waals surface area contributed by atoms with Gasteiger partial charge in [0.2, 0.25) is 0 Å². The largest absolute Gasteiger partial charge is 0.478 e. The van der Waals surface area contributed by atoms with Crippen LogP contribution in [0.4, 0.5) is 0 Å². The first-order chi connectivity index (χ1) is 5.63. The molecule has 1 aromatic heterocycles. The summed E-state index contributed by atoms with van der Waals surface area (Å²) in [6.45, 7) is 0. The number of thiol groups is 1. The van der Waals surface area contributed by atoms with Gasteiger partial charge < -0.3 is 5.11 Å². The second-order valence-corrected chi connectivity index (χ2v) is 2.87. The number of nitrogens with zero attached hydrogens (tertiary/aromatic N) is 1. The van der Waals surface area contributed by atoms with E-state index in [4.69, 9.17) is 5.11 Å². The molecule has 0 amide bonds. The van der Waals surface area contributed by atoms with Gasteiger partial charge in [0, 0.05) is 6.20 Å². The topological polar surface area (TPSA) is 84.3 Å². The Morgan fingerprint density at radius 3 is 2.58 bits per heavy atom. The molecule has 0 atom stereocenters. The molecule has 64 valence electrons. The molecule has 0 spiro atoms. The van der Waals surface area contributed by atoms with Gasteiger partial charge in [-0.15, -0.1) is 0 Å². The van der Waals surface area contributed by atoms with Crippen molar-refractivity contribution in [3.8, 4) is 0 Å². The quantitative estimate of drug-likeness (QED) is 0.623. The van der Waals surface area contributed by atoms with Crippen molar-refractivity contribution >= 4 is 16.7 Å². The average Bonchev–Trinajstić information content (AvgIpc) is 2.04. The zero-order chi connectivity index (χ0) is 9.14. The maximum atomic E-state index is 10.4. The molecule has 0 bridgehead atoms. The molecule has 0 aliphatic rings. The second-order valence-electron chi connectivity index (χ2n) is 1.94. The maximum Gasteiger partial charge on any atom is 0.338 e. The van der Waals surface area contributed by atoms with Crippen molar-refractivity contribution in [2.45, 2.75) is 5.03 Å². The zero-order valence-corrected chi connectivity index (χ0v) is 6.69. The number of carbonyl (C=O) groups is 1. The fourth-order valence-electron chi connectivity index (χ4n) is 0.709. The average molecular weight is 187 g/mol. The molecule has 12 heavy (non-hydrogen) atoms. The predicted molar refractivity (Wildman–Crippen MR) is 39.8 cm³/mol. The third-order valence-electron chi connectivity index (χ3n) is 1.19. The van der Waals surface area contributed by atoms with E-state index < -0.39 is 21.7 Å². The lowest BCUT2D eigenvalue weighted by atomic mass is 10.3. The molecule has 0 radical (unpaired) electrons. The number of carboxylic acid groups (broad SMARTS) is 1. The van der Waals surface area contributed by atoms with Crippen LogP contribution in [0.15, 0.2) is 23.4 Å². The smallest absolute Gasteiger partial charge is 0.338 e. The first-order valence-corrected chi connectivity index (χ1v) is 4.13. The van der Waals surface area contributed by atoms with Gasteiger partial charge in [0.25, 0.3) is 0 Å². The highest BCUT2D eigenvalue weighted by molar-refractivity contribution is 7.72. The van der Waals surface area contributed by atoms with Gasteiger partial charge in [0.15, 0.2) is 15.7 Å². The minimum Gasteiger partial charge on any atom is -0.478 e. The Hall–Kier alpha value is -1.43. The molecule has 0 aromatic carbocycles. The summed E-state index contributed by atoms with van der Waals surface area (Å²) >= 11 is 0. The maximum absolute atomic E-state index is 10.4. The molecule has 0 saturated heterocycles. The standard InChI is InChI=1S/C6H5NO4S/c8-6(9)4-2-1-3-7-5(4)12(10)11/h1-3,12H,(H,8,9). The van der Waals surface area contributed by atoms with Gasteiger partial charge in [-0.1, -0.05) is 0 Å². The summed E-state index contributed by atoms with van der Waals surface area (Å²) in [7, 11) is -2.94. The van der Waals surface area contributed by atoms with E-state index in [2.05, 4.69) is 4.98 Å². The molecule has 1 heterocycles. The number of carboxylic acids is 1. The molecule has 1 rings (SSSR count). The molecule has 0 saturated carbocycles. The molecule has 0 fully saturated rings. The lowest BCUT2D eigenvalue weighted by molar-refractivity contribution is 0.0692. The van der Waals surface area contributed by atoms with Crippen molar-refractivity contribution in [1.29, 1.82) is 0 Å². The SMILES string of the molecule is O=C(O)c1cccnc1[SH](=O)=O. The molecule has 0 aliphatic carbocycles. The van der Waals surface area contributed by atoms with E-state index in [-0.39, 0.29) is 5.56 Å². The Morgan fingerprint density at radius 1 is 1.50 bits per heavy atom. The van der Waals surface area contributed by atoms with Gasteiger partial charge in [0.1, 0.15) is 0 Å². The van der Waals surface area contributed by atoms with Gasteiger partial charge in [-0.25, -0.2) is 18.2 Å². The predicted octanol–water partition coefficient (Wildman–Crippen LogP) is -0.250. The molecule has 6 heteroatoms. The van der Waals surface area contributed by atoms with Gasteiger partial charge in [-0.05, 0) is 12.1 Å². The van der Waals surface area contributed by atoms with Gasteiger partial charge >= 0.3 is 5.97 Å². The van der Waals surface area contributed by atoms with Crippen LogP contribution in [-0.4, -0.2) is 24.5 Å². The molecular formula is C6H5NO4S. The molecular weight excluding hydrogens is 182 g/mol. The van der Waals surface area contributed by atoms with Crippen LogP contribution >= 0.6 is 0 Å². The van der Waals surface area contributed by atoms with Crippen LogP contribution in [0.2, 0.25) is 0 Å². The summed E-state index contributed by atoms with van der Waals surface area (Å²) in [6.07, 6.45) is 1.23. The van der Waals surface area contributed by atoms with Crippen LogP contribution in [-0.2, 0) is 10.7 Å². The third kappa shape index (κ3) is 1.59. The monoisotopic (exact) mass is 187 g/mol. The number of hydrogen-bond donors (Lipinski definition) is 2. The van der Waals surface area contributed by atoms with Gasteiger partial charge in [-0.2, -0.15) is 0 Å². The lowest BCUT2D eigenvalue weighted by Gasteiger charge is -1.94. The van der Waals surface area contributed by atoms with Crippen molar-refractivity contribution < 1.29 is 18.3 Å². The van der Waals surface area contributed by atoms with E-state index >= 15 is 0 Å². The number of rotatable bonds is 2. The molecule has 0 aliphatic heterocycles. The Labute approximate surface area is 69.6 Å². The third-order valence-corrected chi connectivity index (χ3v) is 1.89. The van der Waals surface area contributed by atoms with E-state index in [1.165, 1.54) is 18.3 Å². The molecule has 1 aromatic rings. The summed E-state index contributed by atoms with van der Waals surface area (Å²) in [6, 6.07) is 2.56. The summed E-state index contributed by atoms with van der Waals surface area (Å²) in [4.78, 5) is 13.8. The van der Waals surface area contributed by atoms with Crippen LogP contribution in [0.25, 0.3) is 0 Å². The Kier molecular flexibility index (Phi) is 2.39. The van der Waals surface area contributed by atoms with E-state index in [0.29, 0.717) is 0 Å². The fraction of sp³-hybridized carbons (Fsp3) is 0. The fourth-order valence-corrected chi connectivity index (χ4v) is 1.24. The molecule has 5 nitrogen and oxygen atoms in total. The summed E-state index contributed by atoms with van der Waals surface area (Å²) in [5.41, 5.74) is -0.298. The highest BCUT2D eigenvalue weighted by atomic mass is 32.2. The first-order valence-electron chi connectivity index (χ1n) is 2.95.